The number of hydrogen-bond acceptors (Lipinski definition) is 3. The van der Waals surface area contributed by atoms with Crippen LogP contribution in [0.4, 0.5) is 0 Å². The van der Waals surface area contributed by atoms with Gasteiger partial charge in [0.05, 0.1) is 12.7 Å². The lowest BCUT2D eigenvalue weighted by Crippen LogP contribution is -2.10. The lowest BCUT2D eigenvalue weighted by Gasteiger charge is -1.98. The quantitative estimate of drug-likeness (QED) is 0.466. The normalized spacial score (nSPS) is 32.5. The first kappa shape index (κ1) is 7.72. The van der Waals surface area contributed by atoms with Crippen LogP contribution in [0.25, 0.3) is 0 Å². The molecule has 10 heavy (non-hydrogen) atoms. The minimum atomic E-state index is -0.134. The van der Waals surface area contributed by atoms with Crippen LogP contribution in [-0.4, -0.2) is 23.9 Å². The van der Waals surface area contributed by atoms with Crippen LogP contribution in [0.1, 0.15) is 12.8 Å². The highest BCUT2D eigenvalue weighted by atomic mass is 17.2. The third-order valence-electron chi connectivity index (χ3n) is 1.49. The molecule has 3 nitrogen and oxygen atoms in total. The third kappa shape index (κ3) is 1.80. The molecule has 0 bridgehead atoms. The average Bonchev–Trinajstić information content (AvgIpc) is 2.37. The maximum atomic E-state index is 8.62. The van der Waals surface area contributed by atoms with Crippen LogP contribution in [0, 0.1) is 0 Å². The maximum absolute atomic E-state index is 8.62. The summed E-state index contributed by atoms with van der Waals surface area (Å²) in [6.07, 6.45) is 3.30. The van der Waals surface area contributed by atoms with E-state index in [1.54, 1.807) is 6.08 Å². The van der Waals surface area contributed by atoms with E-state index in [1.165, 1.54) is 0 Å². The predicted octanol–water partition coefficient (Wildman–Crippen LogP) is 0.644. The molecule has 2 atom stereocenters. The van der Waals surface area contributed by atoms with Gasteiger partial charge >= 0.3 is 0 Å². The minimum absolute atomic E-state index is 0.0354. The standard InChI is InChI=1S/C7H12O3/c1-2-3-6-4-7(5-8)10-9-6/h2,6-8H,1,3-5H2. The summed E-state index contributed by atoms with van der Waals surface area (Å²) in [5, 5.41) is 8.62. The maximum Gasteiger partial charge on any atom is 0.119 e. The highest BCUT2D eigenvalue weighted by Crippen LogP contribution is 2.18. The molecule has 58 valence electrons. The van der Waals surface area contributed by atoms with E-state index in [-0.39, 0.29) is 18.8 Å². The molecule has 1 fully saturated rings. The summed E-state index contributed by atoms with van der Waals surface area (Å²) in [5.74, 6) is 0. The van der Waals surface area contributed by atoms with Crippen molar-refractivity contribution in [2.24, 2.45) is 0 Å². The van der Waals surface area contributed by atoms with Crippen molar-refractivity contribution in [2.75, 3.05) is 6.61 Å². The van der Waals surface area contributed by atoms with Crippen molar-refractivity contribution in [1.82, 2.24) is 0 Å². The van der Waals surface area contributed by atoms with Crippen molar-refractivity contribution in [1.29, 1.82) is 0 Å². The Morgan fingerprint density at radius 2 is 2.20 bits per heavy atom. The van der Waals surface area contributed by atoms with Crippen LogP contribution in [0.15, 0.2) is 12.7 Å². The van der Waals surface area contributed by atoms with E-state index < -0.39 is 0 Å². The van der Waals surface area contributed by atoms with E-state index in [9.17, 15) is 0 Å². The molecule has 0 spiro atoms. The van der Waals surface area contributed by atoms with Crippen molar-refractivity contribution in [3.8, 4) is 0 Å². The van der Waals surface area contributed by atoms with E-state index >= 15 is 0 Å². The smallest absolute Gasteiger partial charge is 0.119 e. The van der Waals surface area contributed by atoms with Crippen LogP contribution in [0.5, 0.6) is 0 Å². The number of aliphatic hydroxyl groups is 1. The first-order valence-corrected chi connectivity index (χ1v) is 3.40. The first-order valence-electron chi connectivity index (χ1n) is 3.40. The van der Waals surface area contributed by atoms with E-state index in [0.717, 1.165) is 12.8 Å². The second-order valence-corrected chi connectivity index (χ2v) is 2.38. The monoisotopic (exact) mass is 144 g/mol. The van der Waals surface area contributed by atoms with Crippen molar-refractivity contribution in [3.05, 3.63) is 12.7 Å². The van der Waals surface area contributed by atoms with Crippen molar-refractivity contribution < 1.29 is 14.9 Å². The van der Waals surface area contributed by atoms with Crippen LogP contribution >= 0.6 is 0 Å². The summed E-state index contributed by atoms with van der Waals surface area (Å²) < 4.78 is 0. The summed E-state index contributed by atoms with van der Waals surface area (Å²) in [6, 6.07) is 0. The second-order valence-electron chi connectivity index (χ2n) is 2.38. The van der Waals surface area contributed by atoms with Gasteiger partial charge in [-0.05, 0) is 6.42 Å². The summed E-state index contributed by atoms with van der Waals surface area (Å²) in [6.45, 7) is 3.61. The van der Waals surface area contributed by atoms with Crippen LogP contribution in [0.2, 0.25) is 0 Å². The first-order chi connectivity index (χ1) is 4.86. The summed E-state index contributed by atoms with van der Waals surface area (Å²) in [4.78, 5) is 9.64. The molecule has 3 heteroatoms. The molecule has 0 aromatic carbocycles. The molecule has 1 rings (SSSR count). The van der Waals surface area contributed by atoms with Gasteiger partial charge in [-0.1, -0.05) is 6.08 Å². The highest BCUT2D eigenvalue weighted by molar-refractivity contribution is 4.77. The van der Waals surface area contributed by atoms with Crippen molar-refractivity contribution in [2.45, 2.75) is 25.0 Å². The summed E-state index contributed by atoms with van der Waals surface area (Å²) in [7, 11) is 0. The Morgan fingerprint density at radius 3 is 2.70 bits per heavy atom. The lowest BCUT2D eigenvalue weighted by atomic mass is 10.1. The van der Waals surface area contributed by atoms with E-state index in [1.807, 2.05) is 0 Å². The predicted molar refractivity (Wildman–Crippen MR) is 36.3 cm³/mol. The molecule has 0 saturated carbocycles. The zero-order valence-corrected chi connectivity index (χ0v) is 5.82. The fourth-order valence-corrected chi connectivity index (χ4v) is 0.955. The lowest BCUT2D eigenvalue weighted by molar-refractivity contribution is -0.299. The molecule has 0 aromatic rings. The summed E-state index contributed by atoms with van der Waals surface area (Å²) in [5.41, 5.74) is 0. The Bertz CT molecular complexity index is 113. The second kappa shape index (κ2) is 3.71. The molecule has 1 heterocycles. The molecular weight excluding hydrogens is 132 g/mol. The van der Waals surface area contributed by atoms with Crippen LogP contribution < -0.4 is 0 Å². The molecule has 0 amide bonds. The zero-order valence-electron chi connectivity index (χ0n) is 5.82. The van der Waals surface area contributed by atoms with Gasteiger partial charge in [0, 0.05) is 6.42 Å². The highest BCUT2D eigenvalue weighted by Gasteiger charge is 2.25. The van der Waals surface area contributed by atoms with Crippen LogP contribution in [0.3, 0.4) is 0 Å². The van der Waals surface area contributed by atoms with Crippen LogP contribution in [-0.2, 0) is 9.78 Å². The van der Waals surface area contributed by atoms with Crippen molar-refractivity contribution >= 4 is 0 Å². The summed E-state index contributed by atoms with van der Waals surface area (Å²) >= 11 is 0. The Labute approximate surface area is 60.2 Å². The van der Waals surface area contributed by atoms with Crippen molar-refractivity contribution in [3.63, 3.8) is 0 Å². The molecule has 1 aliphatic heterocycles. The fourth-order valence-electron chi connectivity index (χ4n) is 0.955. The van der Waals surface area contributed by atoms with Gasteiger partial charge in [-0.3, -0.25) is 0 Å². The molecule has 2 unspecified atom stereocenters. The van der Waals surface area contributed by atoms with Gasteiger partial charge in [0.15, 0.2) is 0 Å². The minimum Gasteiger partial charge on any atom is -0.394 e. The van der Waals surface area contributed by atoms with E-state index in [0.29, 0.717) is 0 Å². The number of rotatable bonds is 3. The Balaban J connectivity index is 2.21. The Hall–Kier alpha value is -0.380. The topological polar surface area (TPSA) is 38.7 Å². The van der Waals surface area contributed by atoms with E-state index in [4.69, 9.17) is 14.9 Å². The van der Waals surface area contributed by atoms with Gasteiger partial charge < -0.3 is 5.11 Å². The largest absolute Gasteiger partial charge is 0.394 e. The molecule has 0 aliphatic carbocycles. The molecule has 1 saturated heterocycles. The third-order valence-corrected chi connectivity index (χ3v) is 1.49. The molecule has 1 aliphatic rings. The van der Waals surface area contributed by atoms with Gasteiger partial charge in [-0.2, -0.15) is 0 Å². The van der Waals surface area contributed by atoms with Gasteiger partial charge in [0.1, 0.15) is 6.10 Å². The van der Waals surface area contributed by atoms with E-state index in [2.05, 4.69) is 6.58 Å². The zero-order chi connectivity index (χ0) is 7.40. The molecule has 0 aromatic heterocycles. The molecule has 0 radical (unpaired) electrons. The van der Waals surface area contributed by atoms with Gasteiger partial charge in [-0.25, -0.2) is 9.78 Å². The fraction of sp³-hybridized carbons (Fsp3) is 0.714. The molecule has 1 N–H and O–H groups in total. The Kier molecular flexibility index (Phi) is 2.86. The Morgan fingerprint density at radius 1 is 1.50 bits per heavy atom. The SMILES string of the molecule is C=CCC1CC(CO)OO1. The van der Waals surface area contributed by atoms with Gasteiger partial charge in [0.25, 0.3) is 0 Å². The average molecular weight is 144 g/mol. The van der Waals surface area contributed by atoms with Gasteiger partial charge in [0.2, 0.25) is 0 Å². The molecular formula is C7H12O3. The van der Waals surface area contributed by atoms with Gasteiger partial charge in [-0.15, -0.1) is 6.58 Å². The number of aliphatic hydroxyl groups excluding tert-OH is 1. The number of hydrogen-bond donors (Lipinski definition) is 1.